The molecule has 2 aromatic heterocycles. The van der Waals surface area contributed by atoms with Crippen molar-refractivity contribution in [1.82, 2.24) is 25.1 Å². The van der Waals surface area contributed by atoms with Crippen LogP contribution in [0.15, 0.2) is 41.4 Å². The van der Waals surface area contributed by atoms with E-state index in [-0.39, 0.29) is 17.6 Å². The van der Waals surface area contributed by atoms with Crippen LogP contribution < -0.4 is 10.1 Å². The largest absolute Gasteiger partial charge is 0.497 e. The summed E-state index contributed by atoms with van der Waals surface area (Å²) in [5.41, 5.74) is 1.14. The maximum atomic E-state index is 12.2. The van der Waals surface area contributed by atoms with Crippen molar-refractivity contribution in [3.05, 3.63) is 47.8 Å². The van der Waals surface area contributed by atoms with E-state index in [0.29, 0.717) is 40.8 Å². The van der Waals surface area contributed by atoms with Crippen LogP contribution in [0.4, 0.5) is 0 Å². The number of rotatable bonds is 8. The van der Waals surface area contributed by atoms with Crippen molar-refractivity contribution in [1.29, 1.82) is 0 Å². The molecule has 9 nitrogen and oxygen atoms in total. The average Bonchev–Trinajstić information content (AvgIpc) is 3.14. The standard InChI is InChI=1S/C18H19N5O4S/c1-26-13-5-3-12(4-6-13)18(25)19-10-9-15-21-20-14-7-8-16(22-23(14)15)28-11-17(24)27-2/h3-8H,9-11H2,1-2H3,(H,19,25). The van der Waals surface area contributed by atoms with E-state index in [1.165, 1.54) is 18.9 Å². The Balaban J connectivity index is 1.60. The van der Waals surface area contributed by atoms with Gasteiger partial charge in [-0.1, -0.05) is 11.8 Å². The number of nitrogens with zero attached hydrogens (tertiary/aromatic N) is 4. The van der Waals surface area contributed by atoms with Gasteiger partial charge in [0.1, 0.15) is 10.8 Å². The fraction of sp³-hybridized carbons (Fsp3) is 0.278. The minimum atomic E-state index is -0.322. The highest BCUT2D eigenvalue weighted by molar-refractivity contribution is 7.99. The molecule has 1 amide bonds. The number of thioether (sulfide) groups is 1. The second-order valence-electron chi connectivity index (χ2n) is 5.66. The summed E-state index contributed by atoms with van der Waals surface area (Å²) in [5, 5.41) is 16.1. The van der Waals surface area contributed by atoms with Crippen molar-refractivity contribution < 1.29 is 19.1 Å². The maximum absolute atomic E-state index is 12.2. The fourth-order valence-corrected chi connectivity index (χ4v) is 3.06. The Morgan fingerprint density at radius 1 is 1.11 bits per heavy atom. The zero-order chi connectivity index (χ0) is 19.9. The number of benzene rings is 1. The van der Waals surface area contributed by atoms with Crippen LogP contribution in [-0.4, -0.2) is 58.2 Å². The number of nitrogens with one attached hydrogen (secondary N) is 1. The van der Waals surface area contributed by atoms with Gasteiger partial charge in [-0.05, 0) is 36.4 Å². The maximum Gasteiger partial charge on any atom is 0.316 e. The van der Waals surface area contributed by atoms with Gasteiger partial charge in [-0.2, -0.15) is 9.61 Å². The summed E-state index contributed by atoms with van der Waals surface area (Å²) < 4.78 is 11.3. The van der Waals surface area contributed by atoms with Crippen molar-refractivity contribution >= 4 is 29.3 Å². The topological polar surface area (TPSA) is 108 Å². The molecular formula is C18H19N5O4S. The summed E-state index contributed by atoms with van der Waals surface area (Å²) in [6.45, 7) is 0.382. The lowest BCUT2D eigenvalue weighted by atomic mass is 10.2. The predicted octanol–water partition coefficient (Wildman–Crippen LogP) is 1.37. The van der Waals surface area contributed by atoms with Gasteiger partial charge >= 0.3 is 5.97 Å². The number of hydrogen-bond acceptors (Lipinski definition) is 8. The van der Waals surface area contributed by atoms with E-state index in [0.717, 1.165) is 0 Å². The highest BCUT2D eigenvalue weighted by Crippen LogP contribution is 2.16. The number of aromatic nitrogens is 4. The normalized spacial score (nSPS) is 10.6. The second kappa shape index (κ2) is 9.18. The van der Waals surface area contributed by atoms with Gasteiger partial charge in [-0.15, -0.1) is 10.2 Å². The summed E-state index contributed by atoms with van der Waals surface area (Å²) in [5.74, 6) is 0.976. The first kappa shape index (κ1) is 19.6. The van der Waals surface area contributed by atoms with Gasteiger partial charge < -0.3 is 14.8 Å². The predicted molar refractivity (Wildman–Crippen MR) is 103 cm³/mol. The molecule has 1 aromatic carbocycles. The van der Waals surface area contributed by atoms with Crippen LogP contribution in [0.1, 0.15) is 16.2 Å². The molecule has 3 aromatic rings. The molecular weight excluding hydrogens is 382 g/mol. The van der Waals surface area contributed by atoms with Crippen molar-refractivity contribution in [2.24, 2.45) is 0 Å². The Bertz CT molecular complexity index is 974. The quantitative estimate of drug-likeness (QED) is 0.445. The molecule has 146 valence electrons. The molecule has 0 saturated heterocycles. The number of carbonyl (C=O) groups excluding carboxylic acids is 2. The SMILES string of the molecule is COC(=O)CSc1ccc2nnc(CCNC(=O)c3ccc(OC)cc3)n2n1. The van der Waals surface area contributed by atoms with E-state index in [1.807, 2.05) is 0 Å². The molecule has 0 atom stereocenters. The van der Waals surface area contributed by atoms with Crippen LogP contribution in [0.2, 0.25) is 0 Å². The average molecular weight is 401 g/mol. The number of carbonyl (C=O) groups is 2. The molecule has 3 rings (SSSR count). The number of fused-ring (bicyclic) bond motifs is 1. The number of ether oxygens (including phenoxy) is 2. The summed E-state index contributed by atoms with van der Waals surface area (Å²) in [7, 11) is 2.92. The lowest BCUT2D eigenvalue weighted by molar-refractivity contribution is -0.137. The number of esters is 1. The molecule has 0 spiro atoms. The van der Waals surface area contributed by atoms with E-state index >= 15 is 0 Å². The second-order valence-corrected chi connectivity index (χ2v) is 6.65. The third-order valence-electron chi connectivity index (χ3n) is 3.85. The molecule has 28 heavy (non-hydrogen) atoms. The summed E-state index contributed by atoms with van der Waals surface area (Å²) in [4.78, 5) is 23.5. The van der Waals surface area contributed by atoms with Gasteiger partial charge in [0, 0.05) is 18.5 Å². The Morgan fingerprint density at radius 2 is 1.89 bits per heavy atom. The molecule has 0 saturated carbocycles. The molecule has 0 unspecified atom stereocenters. The first-order valence-electron chi connectivity index (χ1n) is 8.44. The van der Waals surface area contributed by atoms with Gasteiger partial charge in [-0.3, -0.25) is 9.59 Å². The van der Waals surface area contributed by atoms with E-state index < -0.39 is 0 Å². The molecule has 0 aliphatic carbocycles. The van der Waals surface area contributed by atoms with Crippen molar-refractivity contribution in [2.45, 2.75) is 11.4 Å². The first-order chi connectivity index (χ1) is 13.6. The third-order valence-corrected chi connectivity index (χ3v) is 4.75. The number of amides is 1. The number of methoxy groups -OCH3 is 2. The summed E-state index contributed by atoms with van der Waals surface area (Å²) in [6, 6.07) is 10.4. The molecule has 0 fully saturated rings. The molecule has 0 radical (unpaired) electrons. The monoisotopic (exact) mass is 401 g/mol. The molecule has 0 aliphatic heterocycles. The van der Waals surface area contributed by atoms with Gasteiger partial charge in [0.05, 0.1) is 20.0 Å². The van der Waals surface area contributed by atoms with Crippen LogP contribution in [-0.2, 0) is 16.0 Å². The van der Waals surface area contributed by atoms with Crippen LogP contribution in [0.5, 0.6) is 5.75 Å². The smallest absolute Gasteiger partial charge is 0.316 e. The third kappa shape index (κ3) is 4.77. The van der Waals surface area contributed by atoms with Gasteiger partial charge in [0.2, 0.25) is 0 Å². The zero-order valence-corrected chi connectivity index (χ0v) is 16.2. The molecule has 10 heteroatoms. The summed E-state index contributed by atoms with van der Waals surface area (Å²) >= 11 is 1.27. The number of hydrogen-bond donors (Lipinski definition) is 1. The Labute approximate surface area is 165 Å². The summed E-state index contributed by atoms with van der Waals surface area (Å²) in [6.07, 6.45) is 0.460. The van der Waals surface area contributed by atoms with Gasteiger partial charge in [0.15, 0.2) is 11.5 Å². The molecule has 2 heterocycles. The van der Waals surface area contributed by atoms with Crippen LogP contribution >= 0.6 is 11.8 Å². The highest BCUT2D eigenvalue weighted by Gasteiger charge is 2.11. The van der Waals surface area contributed by atoms with E-state index in [4.69, 9.17) is 4.74 Å². The lowest BCUT2D eigenvalue weighted by Gasteiger charge is -2.06. The first-order valence-corrected chi connectivity index (χ1v) is 9.42. The zero-order valence-electron chi connectivity index (χ0n) is 15.4. The fourth-order valence-electron chi connectivity index (χ4n) is 2.37. The van der Waals surface area contributed by atoms with E-state index in [2.05, 4.69) is 25.3 Å². The molecule has 0 aliphatic rings. The van der Waals surface area contributed by atoms with E-state index in [1.54, 1.807) is 48.0 Å². The molecule has 0 bridgehead atoms. The van der Waals surface area contributed by atoms with Crippen molar-refractivity contribution in [3.63, 3.8) is 0 Å². The van der Waals surface area contributed by atoms with Crippen LogP contribution in [0.3, 0.4) is 0 Å². The Morgan fingerprint density at radius 3 is 2.61 bits per heavy atom. The van der Waals surface area contributed by atoms with Crippen molar-refractivity contribution in [3.8, 4) is 5.75 Å². The van der Waals surface area contributed by atoms with E-state index in [9.17, 15) is 9.59 Å². The Kier molecular flexibility index (Phi) is 6.43. The van der Waals surface area contributed by atoms with Gasteiger partial charge in [-0.25, -0.2) is 0 Å². The highest BCUT2D eigenvalue weighted by atomic mass is 32.2. The van der Waals surface area contributed by atoms with Crippen LogP contribution in [0.25, 0.3) is 5.65 Å². The minimum absolute atomic E-state index is 0.171. The van der Waals surface area contributed by atoms with Gasteiger partial charge in [0.25, 0.3) is 5.91 Å². The Hall–Kier alpha value is -3.14. The minimum Gasteiger partial charge on any atom is -0.497 e. The van der Waals surface area contributed by atoms with Crippen molar-refractivity contribution in [2.75, 3.05) is 26.5 Å². The molecule has 1 N–H and O–H groups in total. The lowest BCUT2D eigenvalue weighted by Crippen LogP contribution is -2.26. The van der Waals surface area contributed by atoms with Crippen LogP contribution in [0, 0.1) is 0 Å².